The number of aryl methyl sites for hydroxylation is 1. The first kappa shape index (κ1) is 13.3. The summed E-state index contributed by atoms with van der Waals surface area (Å²) in [4.78, 5) is 13.7. The third-order valence-corrected chi connectivity index (χ3v) is 3.41. The summed E-state index contributed by atoms with van der Waals surface area (Å²) in [6, 6.07) is 0. The molecule has 0 fully saturated rings. The molecule has 6 heteroatoms. The quantitative estimate of drug-likeness (QED) is 0.765. The van der Waals surface area contributed by atoms with Crippen molar-refractivity contribution in [3.63, 3.8) is 0 Å². The van der Waals surface area contributed by atoms with Gasteiger partial charge >= 0.3 is 0 Å². The lowest BCUT2D eigenvalue weighted by atomic mass is 10.3. The molecule has 0 bridgehead atoms. The van der Waals surface area contributed by atoms with Crippen molar-refractivity contribution in [3.8, 4) is 0 Å². The molecule has 1 aromatic rings. The minimum atomic E-state index is -0.347. The molecule has 1 heterocycles. The van der Waals surface area contributed by atoms with E-state index in [2.05, 4.69) is 18.8 Å². The molecule has 1 amide bonds. The second-order valence-electron chi connectivity index (χ2n) is 3.84. The zero-order valence-electron chi connectivity index (χ0n) is 9.53. The monoisotopic (exact) mass is 259 g/mol. The van der Waals surface area contributed by atoms with Crippen LogP contribution in [0.5, 0.6) is 0 Å². The van der Waals surface area contributed by atoms with E-state index in [9.17, 15) is 4.79 Å². The van der Waals surface area contributed by atoms with Gasteiger partial charge in [0, 0.05) is 24.2 Å². The van der Waals surface area contributed by atoms with E-state index in [4.69, 9.17) is 18.0 Å². The summed E-state index contributed by atoms with van der Waals surface area (Å²) in [6.07, 6.45) is 2.09. The first-order valence-corrected chi connectivity index (χ1v) is 6.63. The van der Waals surface area contributed by atoms with Crippen molar-refractivity contribution in [2.24, 2.45) is 5.73 Å². The second kappa shape index (κ2) is 6.10. The minimum absolute atomic E-state index is 0.216. The molecule has 16 heavy (non-hydrogen) atoms. The molecule has 0 aliphatic heterocycles. The summed E-state index contributed by atoms with van der Waals surface area (Å²) < 4.78 is 2.60. The summed E-state index contributed by atoms with van der Waals surface area (Å²) in [5.41, 5.74) is 5.90. The van der Waals surface area contributed by atoms with Gasteiger partial charge in [0.05, 0.1) is 6.42 Å². The Kier molecular flexibility index (Phi) is 5.08. The van der Waals surface area contributed by atoms with Crippen LogP contribution in [0.3, 0.4) is 0 Å². The summed E-state index contributed by atoms with van der Waals surface area (Å²) >= 11 is 7.04. The van der Waals surface area contributed by atoms with E-state index in [0.717, 1.165) is 18.0 Å². The number of carbonyl (C=O) groups excluding carboxylic acids is 1. The van der Waals surface area contributed by atoms with Crippen molar-refractivity contribution in [3.05, 3.63) is 16.7 Å². The SMILES string of the molecule is CC(C)SCCn1cc(CC(N)=O)[nH]c1=S. The molecule has 3 N–H and O–H groups in total. The van der Waals surface area contributed by atoms with Gasteiger partial charge in [0.1, 0.15) is 0 Å². The summed E-state index contributed by atoms with van der Waals surface area (Å²) in [5.74, 6) is 0.666. The van der Waals surface area contributed by atoms with Gasteiger partial charge < -0.3 is 15.3 Å². The lowest BCUT2D eigenvalue weighted by molar-refractivity contribution is -0.117. The Balaban J connectivity index is 2.56. The third kappa shape index (κ3) is 4.40. The zero-order valence-corrected chi connectivity index (χ0v) is 11.2. The van der Waals surface area contributed by atoms with Crippen molar-refractivity contribution < 1.29 is 4.79 Å². The van der Waals surface area contributed by atoms with Crippen LogP contribution in [0.25, 0.3) is 0 Å². The van der Waals surface area contributed by atoms with Gasteiger partial charge in [-0.1, -0.05) is 13.8 Å². The summed E-state index contributed by atoms with van der Waals surface area (Å²) in [7, 11) is 0. The predicted molar refractivity (Wildman–Crippen MR) is 70.1 cm³/mol. The highest BCUT2D eigenvalue weighted by Gasteiger charge is 2.03. The molecule has 0 saturated carbocycles. The Labute approximate surface area is 105 Å². The van der Waals surface area contributed by atoms with Crippen LogP contribution in [0.4, 0.5) is 0 Å². The lowest BCUT2D eigenvalue weighted by Crippen LogP contribution is -2.13. The van der Waals surface area contributed by atoms with Gasteiger partial charge in [-0.25, -0.2) is 0 Å². The van der Waals surface area contributed by atoms with E-state index >= 15 is 0 Å². The number of hydrogen-bond donors (Lipinski definition) is 2. The molecule has 4 nitrogen and oxygen atoms in total. The highest BCUT2D eigenvalue weighted by molar-refractivity contribution is 7.99. The van der Waals surface area contributed by atoms with Gasteiger partial charge in [-0.2, -0.15) is 11.8 Å². The van der Waals surface area contributed by atoms with Crippen LogP contribution in [-0.2, 0) is 17.8 Å². The number of hydrogen-bond acceptors (Lipinski definition) is 3. The first-order chi connectivity index (χ1) is 7.49. The van der Waals surface area contributed by atoms with Crippen LogP contribution in [-0.4, -0.2) is 26.5 Å². The van der Waals surface area contributed by atoms with E-state index in [-0.39, 0.29) is 12.3 Å². The number of aromatic amines is 1. The van der Waals surface area contributed by atoms with Crippen molar-refractivity contribution in [1.82, 2.24) is 9.55 Å². The average molecular weight is 259 g/mol. The molecular formula is C10H17N3OS2. The summed E-state index contributed by atoms with van der Waals surface area (Å²) in [5, 5.41) is 0.623. The fourth-order valence-electron chi connectivity index (χ4n) is 1.32. The van der Waals surface area contributed by atoms with Gasteiger partial charge in [-0.3, -0.25) is 4.79 Å². The highest BCUT2D eigenvalue weighted by Crippen LogP contribution is 2.10. The maximum atomic E-state index is 10.7. The number of nitrogens with two attached hydrogens (primary N) is 1. The molecule has 1 aromatic heterocycles. The molecular weight excluding hydrogens is 242 g/mol. The molecule has 90 valence electrons. The molecule has 0 spiro atoms. The minimum Gasteiger partial charge on any atom is -0.369 e. The number of imidazole rings is 1. The lowest BCUT2D eigenvalue weighted by Gasteiger charge is -2.04. The number of amides is 1. The average Bonchev–Trinajstić information content (AvgIpc) is 2.45. The maximum Gasteiger partial charge on any atom is 0.223 e. The van der Waals surface area contributed by atoms with E-state index in [0.29, 0.717) is 10.0 Å². The number of nitrogens with zero attached hydrogens (tertiary/aromatic N) is 1. The molecule has 0 aliphatic rings. The van der Waals surface area contributed by atoms with Crippen LogP contribution in [0.15, 0.2) is 6.20 Å². The number of carbonyl (C=O) groups is 1. The van der Waals surface area contributed by atoms with Crippen molar-refractivity contribution in [1.29, 1.82) is 0 Å². The van der Waals surface area contributed by atoms with Gasteiger partial charge in [0.2, 0.25) is 5.91 Å². The molecule has 0 unspecified atom stereocenters. The van der Waals surface area contributed by atoms with Gasteiger partial charge in [-0.05, 0) is 17.5 Å². The van der Waals surface area contributed by atoms with E-state index < -0.39 is 0 Å². The van der Waals surface area contributed by atoms with Crippen molar-refractivity contribution in [2.75, 3.05) is 5.75 Å². The predicted octanol–water partition coefficient (Wildman–Crippen LogP) is 1.72. The molecule has 0 atom stereocenters. The van der Waals surface area contributed by atoms with Gasteiger partial charge in [-0.15, -0.1) is 0 Å². The Morgan fingerprint density at radius 1 is 1.69 bits per heavy atom. The Morgan fingerprint density at radius 2 is 2.38 bits per heavy atom. The maximum absolute atomic E-state index is 10.7. The van der Waals surface area contributed by atoms with Gasteiger partial charge in [0.15, 0.2) is 4.77 Å². The molecule has 0 radical (unpaired) electrons. The Bertz CT molecular complexity index is 408. The van der Waals surface area contributed by atoms with Crippen LogP contribution in [0.1, 0.15) is 19.5 Å². The first-order valence-electron chi connectivity index (χ1n) is 5.17. The van der Waals surface area contributed by atoms with E-state index in [1.807, 2.05) is 22.5 Å². The largest absolute Gasteiger partial charge is 0.369 e. The smallest absolute Gasteiger partial charge is 0.223 e. The Hall–Kier alpha value is -0.750. The number of rotatable bonds is 6. The topological polar surface area (TPSA) is 63.8 Å². The second-order valence-corrected chi connectivity index (χ2v) is 5.91. The molecule has 0 saturated heterocycles. The Morgan fingerprint density at radius 3 is 2.94 bits per heavy atom. The fourth-order valence-corrected chi connectivity index (χ4v) is 2.37. The normalized spacial score (nSPS) is 10.9. The highest BCUT2D eigenvalue weighted by atomic mass is 32.2. The van der Waals surface area contributed by atoms with Crippen LogP contribution >= 0.6 is 24.0 Å². The third-order valence-electron chi connectivity index (χ3n) is 1.99. The standard InChI is InChI=1S/C10H17N3OS2/c1-7(2)16-4-3-13-6-8(5-9(11)14)12-10(13)15/h6-7H,3-5H2,1-2H3,(H2,11,14)(H,12,15). The van der Waals surface area contributed by atoms with Crippen LogP contribution in [0, 0.1) is 4.77 Å². The molecule has 0 aliphatic carbocycles. The number of thioether (sulfide) groups is 1. The van der Waals surface area contributed by atoms with Crippen molar-refractivity contribution >= 4 is 29.9 Å². The summed E-state index contributed by atoms with van der Waals surface area (Å²) in [6.45, 7) is 5.19. The molecule has 1 rings (SSSR count). The number of aromatic nitrogens is 2. The van der Waals surface area contributed by atoms with Gasteiger partial charge in [0.25, 0.3) is 0 Å². The zero-order chi connectivity index (χ0) is 12.1. The number of nitrogens with one attached hydrogen (secondary N) is 1. The fraction of sp³-hybridized carbons (Fsp3) is 0.600. The van der Waals surface area contributed by atoms with E-state index in [1.165, 1.54) is 0 Å². The number of H-pyrrole nitrogens is 1. The molecule has 0 aromatic carbocycles. The van der Waals surface area contributed by atoms with Crippen molar-refractivity contribution in [2.45, 2.75) is 32.1 Å². The number of primary amides is 1. The van der Waals surface area contributed by atoms with Crippen LogP contribution in [0.2, 0.25) is 0 Å². The van der Waals surface area contributed by atoms with Crippen LogP contribution < -0.4 is 5.73 Å². The van der Waals surface area contributed by atoms with E-state index in [1.54, 1.807) is 0 Å².